The van der Waals surface area contributed by atoms with Gasteiger partial charge < -0.3 is 9.52 Å². The molecule has 2 N–H and O–H groups in total. The molecule has 2 aromatic rings. The van der Waals surface area contributed by atoms with Crippen LogP contribution in [0.5, 0.6) is 0 Å². The minimum Gasteiger partial charge on any atom is -0.478 e. The molecule has 0 aliphatic carbocycles. The Morgan fingerprint density at radius 1 is 1.35 bits per heavy atom. The number of H-pyrrole nitrogens is 1. The summed E-state index contributed by atoms with van der Waals surface area (Å²) in [6, 6.07) is 4.68. The second kappa shape index (κ2) is 4.09. The third kappa shape index (κ3) is 2.15. The number of aromatic nitrogens is 1. The molecule has 0 aliphatic rings. The summed E-state index contributed by atoms with van der Waals surface area (Å²) in [6.45, 7) is 0. The van der Waals surface area contributed by atoms with Crippen molar-refractivity contribution in [3.8, 4) is 0 Å². The molecule has 0 saturated heterocycles. The number of benzene rings is 1. The summed E-state index contributed by atoms with van der Waals surface area (Å²) in [6.07, 6.45) is 2.17. The van der Waals surface area contributed by atoms with Crippen LogP contribution in [0.4, 0.5) is 0 Å². The quantitative estimate of drug-likeness (QED) is 0.739. The van der Waals surface area contributed by atoms with E-state index >= 15 is 0 Å². The average Bonchev–Trinajstić information content (AvgIpc) is 2.25. The number of hydrogen-bond donors (Lipinski definition) is 2. The van der Waals surface area contributed by atoms with Crippen molar-refractivity contribution in [2.75, 3.05) is 0 Å². The minimum absolute atomic E-state index is 0.143. The van der Waals surface area contributed by atoms with E-state index in [0.29, 0.717) is 11.1 Å². The summed E-state index contributed by atoms with van der Waals surface area (Å²) in [5.41, 5.74) is -0.122. The zero-order valence-corrected chi connectivity index (χ0v) is 8.47. The van der Waals surface area contributed by atoms with Crippen LogP contribution in [0.25, 0.3) is 17.0 Å². The molecule has 0 amide bonds. The lowest BCUT2D eigenvalue weighted by Crippen LogP contribution is -2.15. The van der Waals surface area contributed by atoms with Crippen LogP contribution in [0.2, 0.25) is 0 Å². The second-order valence-corrected chi connectivity index (χ2v) is 3.24. The molecule has 6 nitrogen and oxygen atoms in total. The maximum Gasteiger partial charge on any atom is 0.419 e. The van der Waals surface area contributed by atoms with E-state index in [0.717, 1.165) is 6.08 Å². The smallest absolute Gasteiger partial charge is 0.419 e. The van der Waals surface area contributed by atoms with Crippen LogP contribution in [0.15, 0.2) is 38.3 Å². The fourth-order valence-electron chi connectivity index (χ4n) is 1.47. The molecule has 0 bridgehead atoms. The summed E-state index contributed by atoms with van der Waals surface area (Å²) in [7, 11) is 0. The van der Waals surface area contributed by atoms with Crippen LogP contribution in [-0.2, 0) is 4.79 Å². The Morgan fingerprint density at radius 2 is 2.12 bits per heavy atom. The Balaban J connectivity index is 2.78. The van der Waals surface area contributed by atoms with Gasteiger partial charge in [-0.15, -0.1) is 0 Å². The van der Waals surface area contributed by atoms with Gasteiger partial charge in [-0.25, -0.2) is 14.4 Å². The zero-order chi connectivity index (χ0) is 12.4. The van der Waals surface area contributed by atoms with Crippen molar-refractivity contribution in [2.24, 2.45) is 0 Å². The molecule has 0 saturated carbocycles. The van der Waals surface area contributed by atoms with E-state index in [9.17, 15) is 14.4 Å². The first-order valence-corrected chi connectivity index (χ1v) is 4.65. The fourth-order valence-corrected chi connectivity index (χ4v) is 1.47. The van der Waals surface area contributed by atoms with E-state index in [1.807, 2.05) is 0 Å². The number of carboxylic acids is 1. The Kier molecular flexibility index (Phi) is 2.61. The van der Waals surface area contributed by atoms with Gasteiger partial charge in [0.2, 0.25) is 0 Å². The van der Waals surface area contributed by atoms with Gasteiger partial charge >= 0.3 is 17.4 Å². The SMILES string of the molecule is O=C(O)C=Cc1cccc2[nH]c(=O)oc(=O)c12. The van der Waals surface area contributed by atoms with Crippen molar-refractivity contribution in [1.29, 1.82) is 0 Å². The summed E-state index contributed by atoms with van der Waals surface area (Å²) in [4.78, 5) is 35.2. The third-order valence-corrected chi connectivity index (χ3v) is 2.13. The van der Waals surface area contributed by atoms with E-state index in [1.54, 1.807) is 12.1 Å². The highest BCUT2D eigenvalue weighted by molar-refractivity contribution is 5.92. The van der Waals surface area contributed by atoms with Gasteiger partial charge in [0.15, 0.2) is 0 Å². The van der Waals surface area contributed by atoms with Crippen molar-refractivity contribution >= 4 is 22.9 Å². The Bertz CT molecular complexity index is 722. The predicted octanol–water partition coefficient (Wildman–Crippen LogP) is 0.579. The number of aliphatic carboxylic acids is 1. The van der Waals surface area contributed by atoms with Gasteiger partial charge in [0.1, 0.15) is 0 Å². The third-order valence-electron chi connectivity index (χ3n) is 2.13. The molecule has 0 spiro atoms. The molecule has 0 aliphatic heterocycles. The van der Waals surface area contributed by atoms with Gasteiger partial charge in [-0.2, -0.15) is 0 Å². The number of hydrogen-bond acceptors (Lipinski definition) is 4. The van der Waals surface area contributed by atoms with Crippen LogP contribution < -0.4 is 11.4 Å². The van der Waals surface area contributed by atoms with Crippen LogP contribution in [0, 0.1) is 0 Å². The van der Waals surface area contributed by atoms with Crippen molar-refractivity contribution in [3.63, 3.8) is 0 Å². The lowest BCUT2D eigenvalue weighted by atomic mass is 10.1. The maximum absolute atomic E-state index is 11.5. The van der Waals surface area contributed by atoms with Gasteiger partial charge in [-0.3, -0.25) is 4.98 Å². The van der Waals surface area contributed by atoms with Gasteiger partial charge in [0.25, 0.3) is 0 Å². The van der Waals surface area contributed by atoms with Crippen LogP contribution in [-0.4, -0.2) is 16.1 Å². The standard InChI is InChI=1S/C11H7NO5/c13-8(14)5-4-6-2-1-3-7-9(6)10(15)17-11(16)12-7/h1-5H,(H,12,16)(H,13,14). The van der Waals surface area contributed by atoms with E-state index in [1.165, 1.54) is 12.1 Å². The normalized spacial score (nSPS) is 11.1. The largest absolute Gasteiger partial charge is 0.478 e. The molecule has 1 aromatic heterocycles. The number of rotatable bonds is 2. The van der Waals surface area contributed by atoms with Gasteiger partial charge in [-0.1, -0.05) is 12.1 Å². The summed E-state index contributed by atoms with van der Waals surface area (Å²) in [5, 5.41) is 8.66. The molecule has 0 unspecified atom stereocenters. The summed E-state index contributed by atoms with van der Waals surface area (Å²) >= 11 is 0. The first-order valence-electron chi connectivity index (χ1n) is 4.65. The molecule has 1 aromatic carbocycles. The van der Waals surface area contributed by atoms with E-state index in [4.69, 9.17) is 5.11 Å². The predicted molar refractivity (Wildman–Crippen MR) is 59.8 cm³/mol. The number of carboxylic acid groups (broad SMARTS) is 1. The van der Waals surface area contributed by atoms with Crippen molar-refractivity contribution in [2.45, 2.75) is 0 Å². The summed E-state index contributed by atoms with van der Waals surface area (Å²) < 4.78 is 4.39. The van der Waals surface area contributed by atoms with Crippen molar-refractivity contribution < 1.29 is 14.3 Å². The number of carbonyl (C=O) groups is 1. The second-order valence-electron chi connectivity index (χ2n) is 3.24. The van der Waals surface area contributed by atoms with Gasteiger partial charge in [0, 0.05) is 6.08 Å². The average molecular weight is 233 g/mol. The summed E-state index contributed by atoms with van der Waals surface area (Å²) in [5.74, 6) is -1.97. The Labute approximate surface area is 93.8 Å². The molecule has 0 atom stereocenters. The Morgan fingerprint density at radius 3 is 2.82 bits per heavy atom. The van der Waals surface area contributed by atoms with Crippen LogP contribution in [0.3, 0.4) is 0 Å². The molecule has 6 heteroatoms. The Hall–Kier alpha value is -2.63. The number of fused-ring (bicyclic) bond motifs is 1. The molecule has 17 heavy (non-hydrogen) atoms. The van der Waals surface area contributed by atoms with E-state index in [2.05, 4.69) is 9.40 Å². The maximum atomic E-state index is 11.5. The highest BCUT2D eigenvalue weighted by atomic mass is 16.4. The van der Waals surface area contributed by atoms with Gasteiger partial charge in [-0.05, 0) is 17.7 Å². The molecule has 86 valence electrons. The van der Waals surface area contributed by atoms with Gasteiger partial charge in [0.05, 0.1) is 10.9 Å². The van der Waals surface area contributed by atoms with Crippen molar-refractivity contribution in [3.05, 3.63) is 50.8 Å². The fraction of sp³-hybridized carbons (Fsp3) is 0. The zero-order valence-electron chi connectivity index (χ0n) is 8.47. The van der Waals surface area contributed by atoms with E-state index in [-0.39, 0.29) is 5.39 Å². The monoisotopic (exact) mass is 233 g/mol. The molecular weight excluding hydrogens is 226 g/mol. The van der Waals surface area contributed by atoms with Crippen LogP contribution in [0.1, 0.15) is 5.56 Å². The van der Waals surface area contributed by atoms with Crippen molar-refractivity contribution in [1.82, 2.24) is 4.98 Å². The molecule has 0 fully saturated rings. The molecule has 0 radical (unpaired) electrons. The topological polar surface area (TPSA) is 100 Å². The highest BCUT2D eigenvalue weighted by Gasteiger charge is 2.06. The van der Waals surface area contributed by atoms with E-state index < -0.39 is 17.4 Å². The highest BCUT2D eigenvalue weighted by Crippen LogP contribution is 2.13. The molecular formula is C11H7NO5. The minimum atomic E-state index is -1.13. The lowest BCUT2D eigenvalue weighted by molar-refractivity contribution is -0.131. The first-order chi connectivity index (χ1) is 8.08. The molecule has 1 heterocycles. The van der Waals surface area contributed by atoms with Crippen LogP contribution >= 0.6 is 0 Å². The lowest BCUT2D eigenvalue weighted by Gasteiger charge is -1.98. The number of aromatic amines is 1. The number of nitrogens with one attached hydrogen (secondary N) is 1. The first kappa shape index (κ1) is 10.9. The molecule has 2 rings (SSSR count).